The number of aliphatic carboxylic acids is 1. The number of aryl methyl sites for hydroxylation is 2. The maximum absolute atomic E-state index is 13.6. The molecule has 1 heterocycles. The Morgan fingerprint density at radius 3 is 2.43 bits per heavy atom. The predicted octanol–water partition coefficient (Wildman–Crippen LogP) is 5.53. The molecule has 37 heavy (non-hydrogen) atoms. The van der Waals surface area contributed by atoms with Crippen molar-refractivity contribution in [3.05, 3.63) is 65.7 Å². The normalized spacial score (nSPS) is 22.9. The molecule has 4 rings (SSSR count). The second kappa shape index (κ2) is 13.1. The molecule has 0 amide bonds. The van der Waals surface area contributed by atoms with E-state index in [4.69, 9.17) is 9.47 Å². The quantitative estimate of drug-likeness (QED) is 0.318. The van der Waals surface area contributed by atoms with Crippen LogP contribution < -0.4 is 4.74 Å². The van der Waals surface area contributed by atoms with Gasteiger partial charge in [-0.15, -0.1) is 0 Å². The Bertz CT molecular complexity index is 1020. The van der Waals surface area contributed by atoms with E-state index < -0.39 is 17.4 Å². The van der Waals surface area contributed by atoms with Gasteiger partial charge in [-0.05, 0) is 74.7 Å². The molecule has 0 radical (unpaired) electrons. The summed E-state index contributed by atoms with van der Waals surface area (Å²) < 4.78 is 11.9. The zero-order chi connectivity index (χ0) is 26.1. The first-order chi connectivity index (χ1) is 18.0. The van der Waals surface area contributed by atoms with Crippen LogP contribution in [0, 0.1) is 11.8 Å². The Morgan fingerprint density at radius 1 is 0.946 bits per heavy atom. The Morgan fingerprint density at radius 2 is 1.68 bits per heavy atom. The van der Waals surface area contributed by atoms with Crippen LogP contribution in [0.4, 0.5) is 0 Å². The highest BCUT2D eigenvalue weighted by Crippen LogP contribution is 2.42. The van der Waals surface area contributed by atoms with Crippen LogP contribution in [0.1, 0.15) is 63.0 Å². The average Bonchev–Trinajstić information content (AvgIpc) is 2.93. The van der Waals surface area contributed by atoms with Gasteiger partial charge in [-0.1, -0.05) is 68.3 Å². The minimum absolute atomic E-state index is 0.226. The van der Waals surface area contributed by atoms with E-state index in [0.29, 0.717) is 31.8 Å². The molecule has 6 heteroatoms. The molecule has 2 aromatic carbocycles. The van der Waals surface area contributed by atoms with Crippen LogP contribution in [0.3, 0.4) is 0 Å². The van der Waals surface area contributed by atoms with Crippen molar-refractivity contribution in [2.45, 2.75) is 70.3 Å². The lowest BCUT2D eigenvalue weighted by Crippen LogP contribution is -2.64. The summed E-state index contributed by atoms with van der Waals surface area (Å²) in [5.74, 6) is -0.496. The monoisotopic (exact) mass is 507 g/mol. The summed E-state index contributed by atoms with van der Waals surface area (Å²) in [5, 5.41) is 10.0. The molecule has 1 aliphatic carbocycles. The highest BCUT2D eigenvalue weighted by Gasteiger charge is 2.55. The number of hydrogen-bond donors (Lipinski definition) is 1. The smallest absolute Gasteiger partial charge is 0.327 e. The Balaban J connectivity index is 1.32. The second-order valence-corrected chi connectivity index (χ2v) is 10.7. The van der Waals surface area contributed by atoms with Crippen molar-refractivity contribution in [1.82, 2.24) is 4.90 Å². The van der Waals surface area contributed by atoms with Crippen molar-refractivity contribution in [1.29, 1.82) is 0 Å². The highest BCUT2D eigenvalue weighted by atomic mass is 16.5. The van der Waals surface area contributed by atoms with Crippen molar-refractivity contribution < 1.29 is 24.2 Å². The number of carbonyl (C=O) groups excluding carboxylic acids is 1. The van der Waals surface area contributed by atoms with Crippen molar-refractivity contribution >= 4 is 11.9 Å². The number of para-hydroxylation sites is 1. The molecular formula is C31H41NO5. The average molecular weight is 508 g/mol. The predicted molar refractivity (Wildman–Crippen MR) is 144 cm³/mol. The summed E-state index contributed by atoms with van der Waals surface area (Å²) in [4.78, 5) is 27.9. The lowest BCUT2D eigenvalue weighted by atomic mass is 9.70. The van der Waals surface area contributed by atoms with Crippen LogP contribution in [-0.4, -0.2) is 53.8 Å². The standard InChI is InChI=1S/C31H41NO5/c1-24-17-20-32(21-18-24)31(19-8-7-13-27(31)29(33)34)30(35)37-23-9-22-36-28-14-6-5-12-26(28)16-15-25-10-3-2-4-11-25/h2-6,10-12,14,24,27H,7-9,13,15-23H2,1H3,(H,33,34). The van der Waals surface area contributed by atoms with E-state index in [9.17, 15) is 14.7 Å². The van der Waals surface area contributed by atoms with E-state index in [1.165, 1.54) is 5.56 Å². The Kier molecular flexibility index (Phi) is 9.62. The number of carboxylic acid groups (broad SMARTS) is 1. The summed E-state index contributed by atoms with van der Waals surface area (Å²) in [6.45, 7) is 4.39. The number of likely N-dealkylation sites (tertiary alicyclic amines) is 1. The van der Waals surface area contributed by atoms with Gasteiger partial charge in [-0.2, -0.15) is 0 Å². The molecule has 0 aromatic heterocycles. The molecule has 2 unspecified atom stereocenters. The fourth-order valence-electron chi connectivity index (χ4n) is 5.95. The molecule has 1 N–H and O–H groups in total. The first-order valence-corrected chi connectivity index (χ1v) is 13.9. The fourth-order valence-corrected chi connectivity index (χ4v) is 5.95. The van der Waals surface area contributed by atoms with Gasteiger partial charge in [0.05, 0.1) is 19.1 Å². The van der Waals surface area contributed by atoms with E-state index >= 15 is 0 Å². The van der Waals surface area contributed by atoms with Crippen molar-refractivity contribution in [2.24, 2.45) is 11.8 Å². The molecule has 6 nitrogen and oxygen atoms in total. The zero-order valence-electron chi connectivity index (χ0n) is 22.1. The summed E-state index contributed by atoms with van der Waals surface area (Å²) in [6.07, 6.45) is 7.15. The zero-order valence-corrected chi connectivity index (χ0v) is 22.1. The number of esters is 1. The van der Waals surface area contributed by atoms with Crippen LogP contribution in [-0.2, 0) is 27.2 Å². The third-order valence-corrected chi connectivity index (χ3v) is 8.15. The molecule has 1 saturated carbocycles. The van der Waals surface area contributed by atoms with Gasteiger partial charge in [0, 0.05) is 6.42 Å². The molecule has 2 aromatic rings. The summed E-state index contributed by atoms with van der Waals surface area (Å²) in [6, 6.07) is 18.5. The van der Waals surface area contributed by atoms with Gasteiger partial charge < -0.3 is 14.6 Å². The second-order valence-electron chi connectivity index (χ2n) is 10.7. The summed E-state index contributed by atoms with van der Waals surface area (Å²) in [5.41, 5.74) is 1.41. The molecule has 200 valence electrons. The largest absolute Gasteiger partial charge is 0.493 e. The van der Waals surface area contributed by atoms with Gasteiger partial charge >= 0.3 is 11.9 Å². The van der Waals surface area contributed by atoms with Crippen molar-refractivity contribution in [2.75, 3.05) is 26.3 Å². The van der Waals surface area contributed by atoms with E-state index in [2.05, 4.69) is 42.2 Å². The maximum atomic E-state index is 13.6. The third-order valence-electron chi connectivity index (χ3n) is 8.15. The lowest BCUT2D eigenvalue weighted by molar-refractivity contribution is -0.176. The molecule has 2 aliphatic rings. The topological polar surface area (TPSA) is 76.1 Å². The van der Waals surface area contributed by atoms with Crippen LogP contribution in [0.2, 0.25) is 0 Å². The van der Waals surface area contributed by atoms with Gasteiger partial charge in [0.1, 0.15) is 11.3 Å². The number of benzene rings is 2. The van der Waals surface area contributed by atoms with E-state index in [0.717, 1.165) is 62.9 Å². The number of ether oxygens (including phenoxy) is 2. The summed E-state index contributed by atoms with van der Waals surface area (Å²) in [7, 11) is 0. The van der Waals surface area contributed by atoms with Gasteiger partial charge in [0.25, 0.3) is 0 Å². The van der Waals surface area contributed by atoms with Crippen molar-refractivity contribution in [3.63, 3.8) is 0 Å². The van der Waals surface area contributed by atoms with Gasteiger partial charge in [-0.25, -0.2) is 0 Å². The first-order valence-electron chi connectivity index (χ1n) is 13.9. The minimum atomic E-state index is -1.05. The summed E-state index contributed by atoms with van der Waals surface area (Å²) >= 11 is 0. The lowest BCUT2D eigenvalue weighted by Gasteiger charge is -2.49. The number of rotatable bonds is 11. The fraction of sp³-hybridized carbons (Fsp3) is 0.548. The number of nitrogens with zero attached hydrogens (tertiary/aromatic N) is 1. The van der Waals surface area contributed by atoms with Crippen LogP contribution >= 0.6 is 0 Å². The molecule has 0 bridgehead atoms. The minimum Gasteiger partial charge on any atom is -0.493 e. The van der Waals surface area contributed by atoms with Gasteiger partial charge in [-0.3, -0.25) is 14.5 Å². The van der Waals surface area contributed by atoms with Crippen LogP contribution in [0.5, 0.6) is 5.75 Å². The van der Waals surface area contributed by atoms with Gasteiger partial charge in [0.2, 0.25) is 0 Å². The Hall–Kier alpha value is -2.86. The van der Waals surface area contributed by atoms with E-state index in [-0.39, 0.29) is 12.6 Å². The molecule has 0 spiro atoms. The van der Waals surface area contributed by atoms with Crippen molar-refractivity contribution in [3.8, 4) is 5.75 Å². The highest BCUT2D eigenvalue weighted by molar-refractivity contribution is 5.88. The molecule has 1 aliphatic heterocycles. The molecule has 2 fully saturated rings. The Labute approximate surface area is 221 Å². The maximum Gasteiger partial charge on any atom is 0.327 e. The first kappa shape index (κ1) is 27.2. The molecule has 1 saturated heterocycles. The number of piperidine rings is 1. The van der Waals surface area contributed by atoms with Crippen LogP contribution in [0.15, 0.2) is 54.6 Å². The third kappa shape index (κ3) is 6.72. The number of carbonyl (C=O) groups is 2. The molecular weight excluding hydrogens is 466 g/mol. The van der Waals surface area contributed by atoms with E-state index in [1.54, 1.807) is 0 Å². The number of hydrogen-bond acceptors (Lipinski definition) is 5. The van der Waals surface area contributed by atoms with Gasteiger partial charge in [0.15, 0.2) is 0 Å². The SMILES string of the molecule is CC1CCN(C2(C(=O)OCCCOc3ccccc3CCc3ccccc3)CCCCC2C(=O)O)CC1. The van der Waals surface area contributed by atoms with E-state index in [1.807, 2.05) is 24.3 Å². The molecule has 2 atom stereocenters. The van der Waals surface area contributed by atoms with Crippen LogP contribution in [0.25, 0.3) is 0 Å². The number of carboxylic acids is 1.